The van der Waals surface area contributed by atoms with Gasteiger partial charge < -0.3 is 9.47 Å². The van der Waals surface area contributed by atoms with Gasteiger partial charge in [0, 0.05) is 14.9 Å². The maximum Gasteiger partial charge on any atom is 0.200 e. The van der Waals surface area contributed by atoms with Gasteiger partial charge in [0.25, 0.3) is 0 Å². The Hall–Kier alpha value is -2.50. The number of hydrogen-bond donors (Lipinski definition) is 0. The van der Waals surface area contributed by atoms with Crippen LogP contribution in [-0.4, -0.2) is 12.9 Å². The highest BCUT2D eigenvalue weighted by Crippen LogP contribution is 2.42. The number of fused-ring (bicyclic) bond motifs is 1. The van der Waals surface area contributed by atoms with Gasteiger partial charge >= 0.3 is 0 Å². The number of halogens is 1. The van der Waals surface area contributed by atoms with Gasteiger partial charge in [-0.15, -0.1) is 0 Å². The summed E-state index contributed by atoms with van der Waals surface area (Å²) in [4.78, 5) is 14.3. The maximum absolute atomic E-state index is 12.7. The molecule has 1 aliphatic rings. The van der Waals surface area contributed by atoms with Gasteiger partial charge in [-0.2, -0.15) is 0 Å². The zero-order chi connectivity index (χ0) is 20.4. The van der Waals surface area contributed by atoms with E-state index in [1.54, 1.807) is 7.11 Å². The summed E-state index contributed by atoms with van der Waals surface area (Å²) in [7, 11) is 1.62. The zero-order valence-electron chi connectivity index (χ0n) is 16.1. The molecule has 3 nitrogen and oxygen atoms in total. The van der Waals surface area contributed by atoms with Gasteiger partial charge in [-0.1, -0.05) is 69.7 Å². The van der Waals surface area contributed by atoms with Crippen molar-refractivity contribution in [1.82, 2.24) is 0 Å². The number of allylic oxidation sites excluding steroid dienone is 1. The first-order valence-corrected chi connectivity index (χ1v) is 10.8. The fraction of sp³-hybridized carbons (Fsp3) is 0.125. The molecule has 0 radical (unpaired) electrons. The fourth-order valence-corrected chi connectivity index (χ4v) is 4.54. The smallest absolute Gasteiger partial charge is 0.200 e. The van der Waals surface area contributed by atoms with Crippen LogP contribution in [-0.2, 0) is 6.61 Å². The number of methoxy groups -OCH3 is 1. The van der Waals surface area contributed by atoms with Crippen molar-refractivity contribution in [3.05, 3.63) is 92.3 Å². The van der Waals surface area contributed by atoms with Crippen LogP contribution in [0.2, 0.25) is 0 Å². The molecular weight excluding hydrogens is 448 g/mol. The molecule has 29 heavy (non-hydrogen) atoms. The normalized spacial score (nSPS) is 14.2. The molecule has 0 aromatic heterocycles. The van der Waals surface area contributed by atoms with Crippen molar-refractivity contribution in [3.8, 4) is 11.5 Å². The van der Waals surface area contributed by atoms with E-state index in [1.165, 1.54) is 17.3 Å². The van der Waals surface area contributed by atoms with E-state index in [-0.39, 0.29) is 5.78 Å². The number of ether oxygens (including phenoxy) is 2. The Bertz CT molecular complexity index is 1100. The summed E-state index contributed by atoms with van der Waals surface area (Å²) in [6.45, 7) is 2.51. The number of thioether (sulfide) groups is 1. The van der Waals surface area contributed by atoms with Crippen LogP contribution >= 0.6 is 27.7 Å². The molecule has 0 amide bonds. The number of ketones is 1. The largest absolute Gasteiger partial charge is 0.493 e. The molecule has 0 bridgehead atoms. The quantitative estimate of drug-likeness (QED) is 0.393. The van der Waals surface area contributed by atoms with Gasteiger partial charge in [0.2, 0.25) is 5.78 Å². The molecule has 3 aromatic carbocycles. The van der Waals surface area contributed by atoms with Gasteiger partial charge in [-0.3, -0.25) is 4.79 Å². The third-order valence-electron chi connectivity index (χ3n) is 4.66. The predicted octanol–water partition coefficient (Wildman–Crippen LogP) is 6.67. The van der Waals surface area contributed by atoms with Crippen molar-refractivity contribution in [1.29, 1.82) is 0 Å². The molecule has 0 saturated heterocycles. The minimum atomic E-state index is 0.0520. The third-order valence-corrected chi connectivity index (χ3v) is 6.45. The summed E-state index contributed by atoms with van der Waals surface area (Å²) in [5, 5.41) is 0. The highest BCUT2D eigenvalue weighted by molar-refractivity contribution is 9.10. The molecule has 0 spiro atoms. The lowest BCUT2D eigenvalue weighted by Crippen LogP contribution is -1.99. The van der Waals surface area contributed by atoms with Crippen molar-refractivity contribution in [2.75, 3.05) is 7.11 Å². The van der Waals surface area contributed by atoms with E-state index >= 15 is 0 Å². The second-order valence-corrected chi connectivity index (χ2v) is 8.67. The van der Waals surface area contributed by atoms with E-state index in [0.717, 1.165) is 26.1 Å². The minimum Gasteiger partial charge on any atom is -0.493 e. The molecule has 146 valence electrons. The van der Waals surface area contributed by atoms with E-state index < -0.39 is 0 Å². The number of carbonyl (C=O) groups excluding carboxylic acids is 1. The Morgan fingerprint density at radius 1 is 1.03 bits per heavy atom. The van der Waals surface area contributed by atoms with Gasteiger partial charge in [0.05, 0.1) is 12.0 Å². The topological polar surface area (TPSA) is 35.5 Å². The van der Waals surface area contributed by atoms with Crippen molar-refractivity contribution in [2.45, 2.75) is 18.4 Å². The molecule has 0 atom stereocenters. The number of aryl methyl sites for hydroxylation is 1. The maximum atomic E-state index is 12.7. The van der Waals surface area contributed by atoms with Gasteiger partial charge in [-0.05, 0) is 48.4 Å². The highest BCUT2D eigenvalue weighted by Gasteiger charge is 2.25. The van der Waals surface area contributed by atoms with Gasteiger partial charge in [-0.25, -0.2) is 0 Å². The van der Waals surface area contributed by atoms with Gasteiger partial charge in [0.15, 0.2) is 11.5 Å². The molecule has 0 saturated carbocycles. The highest BCUT2D eigenvalue weighted by atomic mass is 79.9. The molecule has 1 heterocycles. The van der Waals surface area contributed by atoms with E-state index in [9.17, 15) is 4.79 Å². The van der Waals surface area contributed by atoms with Crippen LogP contribution in [0.5, 0.6) is 11.5 Å². The van der Waals surface area contributed by atoms with Crippen molar-refractivity contribution >= 4 is 39.6 Å². The van der Waals surface area contributed by atoms with E-state index in [4.69, 9.17) is 9.47 Å². The van der Waals surface area contributed by atoms with Crippen LogP contribution in [0.4, 0.5) is 0 Å². The van der Waals surface area contributed by atoms with Crippen LogP contribution in [0.15, 0.2) is 74.9 Å². The van der Waals surface area contributed by atoms with Crippen molar-refractivity contribution in [2.24, 2.45) is 0 Å². The van der Waals surface area contributed by atoms with Crippen molar-refractivity contribution < 1.29 is 14.3 Å². The lowest BCUT2D eigenvalue weighted by Gasteiger charge is -2.13. The SMILES string of the molecule is COc1cc(C=C2Sc3ccccc3C2=O)c(Br)cc1OCc1ccc(C)cc1. The average molecular weight is 467 g/mol. The summed E-state index contributed by atoms with van der Waals surface area (Å²) in [6.07, 6.45) is 1.89. The minimum absolute atomic E-state index is 0.0520. The molecule has 1 aliphatic heterocycles. The van der Waals surface area contributed by atoms with E-state index in [2.05, 4.69) is 47.1 Å². The average Bonchev–Trinajstić information content (AvgIpc) is 3.05. The number of rotatable bonds is 5. The Morgan fingerprint density at radius 2 is 1.79 bits per heavy atom. The fourth-order valence-electron chi connectivity index (χ4n) is 3.06. The zero-order valence-corrected chi connectivity index (χ0v) is 18.5. The molecule has 0 aliphatic carbocycles. The Kier molecular flexibility index (Phi) is 5.79. The van der Waals surface area contributed by atoms with Crippen LogP contribution < -0.4 is 9.47 Å². The predicted molar refractivity (Wildman–Crippen MR) is 121 cm³/mol. The Labute approximate surface area is 182 Å². The number of Topliss-reactive ketones (excluding diaryl/α,β-unsaturated/α-hetero) is 1. The lowest BCUT2D eigenvalue weighted by molar-refractivity contribution is 0.104. The monoisotopic (exact) mass is 466 g/mol. The number of hydrogen-bond acceptors (Lipinski definition) is 4. The molecule has 0 N–H and O–H groups in total. The molecule has 0 fully saturated rings. The summed E-state index contributed by atoms with van der Waals surface area (Å²) >= 11 is 5.10. The lowest BCUT2D eigenvalue weighted by atomic mass is 10.1. The van der Waals surface area contributed by atoms with Crippen molar-refractivity contribution in [3.63, 3.8) is 0 Å². The Balaban J connectivity index is 1.58. The number of benzene rings is 3. The molecular formula is C24H19BrO3S. The van der Waals surface area contributed by atoms with Crippen LogP contribution in [0.25, 0.3) is 6.08 Å². The first kappa shape index (κ1) is 19.8. The molecule has 0 unspecified atom stereocenters. The Morgan fingerprint density at radius 3 is 2.52 bits per heavy atom. The summed E-state index contributed by atoms with van der Waals surface area (Å²) < 4.78 is 12.4. The molecule has 5 heteroatoms. The van der Waals surface area contributed by atoms with Crippen LogP contribution in [0.3, 0.4) is 0 Å². The number of carbonyl (C=O) groups is 1. The molecule has 4 rings (SSSR count). The second-order valence-electron chi connectivity index (χ2n) is 6.73. The first-order valence-electron chi connectivity index (χ1n) is 9.14. The van der Waals surface area contributed by atoms with E-state index in [0.29, 0.717) is 23.0 Å². The van der Waals surface area contributed by atoms with Crippen LogP contribution in [0.1, 0.15) is 27.0 Å². The summed E-state index contributed by atoms with van der Waals surface area (Å²) in [5.74, 6) is 1.33. The van der Waals surface area contributed by atoms with Crippen LogP contribution in [0, 0.1) is 6.92 Å². The molecule has 3 aromatic rings. The standard InChI is InChI=1S/C24H19BrO3S/c1-15-7-9-16(10-8-15)14-28-21-13-19(25)17(11-20(21)27-2)12-23-24(26)18-5-3-4-6-22(18)29-23/h3-13H,14H2,1-2H3. The summed E-state index contributed by atoms with van der Waals surface area (Å²) in [6, 6.07) is 19.7. The first-order chi connectivity index (χ1) is 14.0. The van der Waals surface area contributed by atoms with E-state index in [1.807, 2.05) is 42.5 Å². The second kappa shape index (κ2) is 8.47. The third kappa shape index (κ3) is 4.26. The van der Waals surface area contributed by atoms with Gasteiger partial charge in [0.1, 0.15) is 6.61 Å². The summed E-state index contributed by atoms with van der Waals surface area (Å²) in [5.41, 5.74) is 3.93.